The zero-order valence-corrected chi connectivity index (χ0v) is 23.3. The van der Waals surface area contributed by atoms with Crippen molar-refractivity contribution in [1.82, 2.24) is 9.34 Å². The van der Waals surface area contributed by atoms with Gasteiger partial charge in [0.1, 0.15) is 0 Å². The topological polar surface area (TPSA) is 6.48 Å². The molecule has 5 heteroatoms. The summed E-state index contributed by atoms with van der Waals surface area (Å²) in [5.41, 5.74) is 1.31. The van der Waals surface area contributed by atoms with Gasteiger partial charge in [-0.05, 0) is 73.3 Å². The molecule has 2 rings (SSSR count). The summed E-state index contributed by atoms with van der Waals surface area (Å²) in [4.78, 5) is 0. The summed E-state index contributed by atoms with van der Waals surface area (Å²) in [6, 6.07) is 12.2. The number of hydrogen-bond acceptors (Lipinski definition) is 1. The number of hydrogen-bond donors (Lipinski definition) is 0. The van der Waals surface area contributed by atoms with E-state index in [2.05, 4.69) is 115 Å². The second-order valence-electron chi connectivity index (χ2n) is 10.8. The molecule has 0 heterocycles. The Balaban J connectivity index is 2.91. The molecule has 0 spiro atoms. The average Bonchev–Trinajstić information content (AvgIpc) is 3.21. The molecule has 1 aliphatic carbocycles. The molecule has 1 aromatic carbocycles. The average molecular weight is 454 g/mol. The van der Waals surface area contributed by atoms with Crippen LogP contribution in [0.25, 0.3) is 0 Å². The van der Waals surface area contributed by atoms with Gasteiger partial charge in [0.05, 0.1) is 14.4 Å². The maximum absolute atomic E-state index is 9.50. The predicted octanol–water partition coefficient (Wildman–Crippen LogP) is 7.34. The third-order valence-electron chi connectivity index (χ3n) is 6.37. The van der Waals surface area contributed by atoms with Gasteiger partial charge in [-0.15, -0.1) is 0 Å². The van der Waals surface area contributed by atoms with Gasteiger partial charge in [-0.3, -0.25) is 9.34 Å². The van der Waals surface area contributed by atoms with Crippen LogP contribution < -0.4 is 0 Å². The summed E-state index contributed by atoms with van der Waals surface area (Å²) in [5, 5.41) is 0. The lowest BCUT2D eigenvalue weighted by Crippen LogP contribution is -2.55. The Morgan fingerprint density at radius 1 is 0.897 bits per heavy atom. The largest absolute Gasteiger partial charge is 0.258 e. The van der Waals surface area contributed by atoms with Crippen molar-refractivity contribution in [1.29, 1.82) is 0 Å². The summed E-state index contributed by atoms with van der Waals surface area (Å²) in [7, 11) is -1.85. The van der Waals surface area contributed by atoms with Crippen molar-refractivity contribution in [3.63, 3.8) is 0 Å². The summed E-state index contributed by atoms with van der Waals surface area (Å²) < 4.78 is 14.7. The molecule has 0 amide bonds. The fourth-order valence-corrected chi connectivity index (χ4v) is 21.2. The lowest BCUT2D eigenvalue weighted by atomic mass is 10.1. The van der Waals surface area contributed by atoms with Gasteiger partial charge in [-0.2, -0.15) is 0 Å². The molecule has 1 aliphatic rings. The summed E-state index contributed by atoms with van der Waals surface area (Å²) in [6.07, 6.45) is -2.41. The zero-order chi connectivity index (χ0) is 23.2. The van der Waals surface area contributed by atoms with Crippen LogP contribution in [0.2, 0.25) is 19.6 Å². The minimum atomic E-state index is -2.28. The Morgan fingerprint density at radius 3 is 1.59 bits per heavy atom. The van der Waals surface area contributed by atoms with Crippen molar-refractivity contribution < 1.29 is 1.37 Å². The van der Waals surface area contributed by atoms with Crippen LogP contribution in [0.5, 0.6) is 0 Å². The van der Waals surface area contributed by atoms with Crippen molar-refractivity contribution in [3.8, 4) is 0 Å². The molecule has 0 aliphatic heterocycles. The second-order valence-corrected chi connectivity index (χ2v) is 20.8. The van der Waals surface area contributed by atoms with E-state index in [1.165, 1.54) is 5.56 Å². The molecule has 0 radical (unpaired) electrons. The number of rotatable bonds is 9. The molecule has 3 atom stereocenters. The summed E-state index contributed by atoms with van der Waals surface area (Å²) in [6.45, 7) is 25.8. The van der Waals surface area contributed by atoms with Gasteiger partial charge < -0.3 is 0 Å². The van der Waals surface area contributed by atoms with Crippen LogP contribution in [-0.2, 0) is 11.8 Å². The van der Waals surface area contributed by atoms with Crippen LogP contribution in [0.15, 0.2) is 30.3 Å². The molecule has 1 aromatic rings. The number of benzene rings is 1. The first kappa shape index (κ1) is 23.7. The first-order chi connectivity index (χ1) is 13.7. The maximum atomic E-state index is 9.50. The maximum Gasteiger partial charge on any atom is 0.0824 e. The van der Waals surface area contributed by atoms with E-state index in [0.29, 0.717) is 24.2 Å². The molecular formula is C24H45N2PSSi. The van der Waals surface area contributed by atoms with E-state index in [1.54, 1.807) is 0 Å². The first-order valence-electron chi connectivity index (χ1n) is 11.9. The van der Waals surface area contributed by atoms with Crippen molar-refractivity contribution in [3.05, 3.63) is 35.9 Å². The number of nitrogens with zero attached hydrogens (tertiary/aromatic N) is 2. The molecule has 0 saturated heterocycles. The third-order valence-corrected chi connectivity index (χ3v) is 19.2. The predicted molar refractivity (Wildman–Crippen MR) is 138 cm³/mol. The summed E-state index contributed by atoms with van der Waals surface area (Å²) >= 11 is 7.03. The molecule has 2 nitrogen and oxygen atoms in total. The van der Waals surface area contributed by atoms with Gasteiger partial charge in [0.15, 0.2) is 0 Å². The lowest BCUT2D eigenvalue weighted by Gasteiger charge is -2.57. The van der Waals surface area contributed by atoms with Crippen molar-refractivity contribution in [2.75, 3.05) is 0 Å². The van der Waals surface area contributed by atoms with Gasteiger partial charge in [-0.25, -0.2) is 0 Å². The van der Waals surface area contributed by atoms with Gasteiger partial charge in [0, 0.05) is 30.3 Å². The highest BCUT2D eigenvalue weighted by Gasteiger charge is 2.72. The quantitative estimate of drug-likeness (QED) is 0.285. The molecule has 0 unspecified atom stereocenters. The molecule has 0 bridgehead atoms. The summed E-state index contributed by atoms with van der Waals surface area (Å²) in [5.74, 6) is 0.233. The Labute approximate surface area is 189 Å². The van der Waals surface area contributed by atoms with Crippen LogP contribution in [0, 0.1) is 0 Å². The standard InChI is InChI=1S/C24H45N2PSSi/c1-18(2)25(19(3)4)27(28,26(20(5)6)21(7)8)24(29(9,10)11)17-23(24)22-15-13-12-14-16-22/h12-16,18-21,23H,17H2,1-11H3/t23-,24+/m1/s1/i17D/t17-,23-,24+. The van der Waals surface area contributed by atoms with Gasteiger partial charge in [-0.1, -0.05) is 61.8 Å². The highest BCUT2D eigenvalue weighted by atomic mass is 32.4. The van der Waals surface area contributed by atoms with E-state index >= 15 is 0 Å². The monoisotopic (exact) mass is 453 g/mol. The van der Waals surface area contributed by atoms with Crippen molar-refractivity contribution >= 4 is 26.2 Å². The minimum absolute atomic E-state index is 0.125. The molecule has 0 aromatic heterocycles. The molecule has 0 N–H and O–H groups in total. The zero-order valence-electron chi connectivity index (χ0n) is 21.6. The molecular weight excluding hydrogens is 407 g/mol. The van der Waals surface area contributed by atoms with Crippen molar-refractivity contribution in [2.24, 2.45) is 0 Å². The molecule has 29 heavy (non-hydrogen) atoms. The van der Waals surface area contributed by atoms with Crippen LogP contribution in [0.4, 0.5) is 0 Å². The van der Waals surface area contributed by atoms with Crippen LogP contribution in [0.1, 0.15) is 74.6 Å². The minimum Gasteiger partial charge on any atom is -0.258 e. The Bertz CT molecular complexity index is 722. The third kappa shape index (κ3) is 4.22. The Kier molecular flexibility index (Phi) is 7.23. The molecule has 1 saturated carbocycles. The fourth-order valence-electron chi connectivity index (χ4n) is 5.59. The van der Waals surface area contributed by atoms with Crippen molar-refractivity contribution in [2.45, 2.75) is 116 Å². The van der Waals surface area contributed by atoms with E-state index in [-0.39, 0.29) is 17.1 Å². The van der Waals surface area contributed by atoms with Gasteiger partial charge >= 0.3 is 0 Å². The Hall–Kier alpha value is 0.00688. The first-order valence-corrected chi connectivity index (χ1v) is 17.5. The normalized spacial score (nSPS) is 26.3. The second kappa shape index (κ2) is 8.86. The highest BCUT2D eigenvalue weighted by Crippen LogP contribution is 2.82. The lowest BCUT2D eigenvalue weighted by molar-refractivity contribution is 0.251. The van der Waals surface area contributed by atoms with Crippen LogP contribution in [0.3, 0.4) is 0 Å². The van der Waals surface area contributed by atoms with E-state index in [0.717, 1.165) is 0 Å². The Morgan fingerprint density at radius 2 is 1.28 bits per heavy atom. The smallest absolute Gasteiger partial charge is 0.0824 e. The van der Waals surface area contributed by atoms with E-state index in [9.17, 15) is 1.37 Å². The highest BCUT2D eigenvalue weighted by molar-refractivity contribution is 8.14. The van der Waals surface area contributed by atoms with E-state index in [4.69, 9.17) is 11.8 Å². The SMILES string of the molecule is [2H][C@@H]1[C@H](c2ccccc2)[C@]1([Si](C)(C)C)P(=S)(N(C(C)C)C(C)C)N(C(C)C)C(C)C. The van der Waals surface area contributed by atoms with Gasteiger partial charge in [0.2, 0.25) is 0 Å². The molecule has 166 valence electrons. The van der Waals surface area contributed by atoms with E-state index in [1.807, 2.05) is 0 Å². The van der Waals surface area contributed by atoms with Crippen LogP contribution in [-0.4, -0.2) is 46.4 Å². The molecule has 1 fully saturated rings. The van der Waals surface area contributed by atoms with E-state index < -0.39 is 14.4 Å². The van der Waals surface area contributed by atoms with Crippen LogP contribution >= 0.6 is 6.34 Å². The fraction of sp³-hybridized carbons (Fsp3) is 0.750. The van der Waals surface area contributed by atoms with Gasteiger partial charge in [0.25, 0.3) is 0 Å².